The van der Waals surface area contributed by atoms with Gasteiger partial charge in [-0.1, -0.05) is 0 Å². The fraction of sp³-hybridized carbons (Fsp3) is 0.286. The Morgan fingerprint density at radius 1 is 1.28 bits per heavy atom. The number of nitrogens with zero attached hydrogens (tertiary/aromatic N) is 1. The van der Waals surface area contributed by atoms with E-state index in [2.05, 4.69) is 9.97 Å². The number of H-pyrrole nitrogens is 1. The van der Waals surface area contributed by atoms with E-state index in [1.54, 1.807) is 6.92 Å². The third-order valence-electron chi connectivity index (χ3n) is 3.04. The van der Waals surface area contributed by atoms with E-state index in [1.807, 2.05) is 24.3 Å². The predicted molar refractivity (Wildman–Crippen MR) is 68.7 cm³/mol. The van der Waals surface area contributed by atoms with Crippen molar-refractivity contribution in [2.45, 2.75) is 25.9 Å². The van der Waals surface area contributed by atoms with Crippen molar-refractivity contribution in [2.24, 2.45) is 0 Å². The number of hydrogen-bond donors (Lipinski definition) is 1. The van der Waals surface area contributed by atoms with E-state index in [0.717, 1.165) is 29.8 Å². The fourth-order valence-electron chi connectivity index (χ4n) is 1.83. The quantitative estimate of drug-likeness (QED) is 0.898. The Balaban J connectivity index is 1.91. The number of ether oxygens (including phenoxy) is 1. The lowest BCUT2D eigenvalue weighted by atomic mass is 10.1. The van der Waals surface area contributed by atoms with Crippen molar-refractivity contribution < 1.29 is 4.74 Å². The lowest BCUT2D eigenvalue weighted by Crippen LogP contribution is -2.11. The SMILES string of the molecule is Cc1c(-c2ccc(OC3CC3)cc2)nc[nH]c1=O. The van der Waals surface area contributed by atoms with Crippen LogP contribution in [0.1, 0.15) is 18.4 Å². The van der Waals surface area contributed by atoms with Crippen LogP contribution in [0.4, 0.5) is 0 Å². The lowest BCUT2D eigenvalue weighted by molar-refractivity contribution is 0.303. The van der Waals surface area contributed by atoms with Gasteiger partial charge in [0, 0.05) is 11.1 Å². The average molecular weight is 242 g/mol. The van der Waals surface area contributed by atoms with E-state index in [4.69, 9.17) is 4.74 Å². The van der Waals surface area contributed by atoms with Gasteiger partial charge in [-0.3, -0.25) is 4.79 Å². The Hall–Kier alpha value is -2.10. The van der Waals surface area contributed by atoms with Gasteiger partial charge in [-0.05, 0) is 44.0 Å². The van der Waals surface area contributed by atoms with Crippen LogP contribution >= 0.6 is 0 Å². The van der Waals surface area contributed by atoms with Crippen molar-refractivity contribution in [2.75, 3.05) is 0 Å². The molecule has 0 bridgehead atoms. The summed E-state index contributed by atoms with van der Waals surface area (Å²) in [5.41, 5.74) is 2.19. The molecule has 1 aliphatic rings. The molecule has 3 rings (SSSR count). The summed E-state index contributed by atoms with van der Waals surface area (Å²) in [6, 6.07) is 7.73. The summed E-state index contributed by atoms with van der Waals surface area (Å²) in [5.74, 6) is 0.878. The first-order valence-corrected chi connectivity index (χ1v) is 6.05. The van der Waals surface area contributed by atoms with Crippen LogP contribution in [0.5, 0.6) is 5.75 Å². The Bertz CT molecular complexity index is 612. The maximum Gasteiger partial charge on any atom is 0.254 e. The molecule has 0 spiro atoms. The molecule has 18 heavy (non-hydrogen) atoms. The van der Waals surface area contributed by atoms with Gasteiger partial charge in [0.25, 0.3) is 5.56 Å². The van der Waals surface area contributed by atoms with Crippen LogP contribution in [0.25, 0.3) is 11.3 Å². The van der Waals surface area contributed by atoms with Crippen LogP contribution in [0.2, 0.25) is 0 Å². The largest absolute Gasteiger partial charge is 0.490 e. The molecule has 1 aromatic carbocycles. The molecule has 4 nitrogen and oxygen atoms in total. The number of hydrogen-bond acceptors (Lipinski definition) is 3. The van der Waals surface area contributed by atoms with Gasteiger partial charge in [0.1, 0.15) is 5.75 Å². The monoisotopic (exact) mass is 242 g/mol. The van der Waals surface area contributed by atoms with Gasteiger partial charge >= 0.3 is 0 Å². The molecule has 1 saturated carbocycles. The first-order valence-electron chi connectivity index (χ1n) is 6.05. The second-order valence-electron chi connectivity index (χ2n) is 4.55. The van der Waals surface area contributed by atoms with Gasteiger partial charge < -0.3 is 9.72 Å². The first-order chi connectivity index (χ1) is 8.74. The van der Waals surface area contributed by atoms with Crippen LogP contribution in [-0.2, 0) is 0 Å². The minimum absolute atomic E-state index is 0.0988. The van der Waals surface area contributed by atoms with Crippen molar-refractivity contribution in [3.63, 3.8) is 0 Å². The minimum Gasteiger partial charge on any atom is -0.490 e. The van der Waals surface area contributed by atoms with Gasteiger partial charge in [-0.25, -0.2) is 4.98 Å². The van der Waals surface area contributed by atoms with E-state index >= 15 is 0 Å². The van der Waals surface area contributed by atoms with E-state index in [1.165, 1.54) is 6.33 Å². The highest BCUT2D eigenvalue weighted by Gasteiger charge is 2.23. The summed E-state index contributed by atoms with van der Waals surface area (Å²) in [7, 11) is 0. The van der Waals surface area contributed by atoms with Gasteiger partial charge in [0.2, 0.25) is 0 Å². The Kier molecular flexibility index (Phi) is 2.63. The molecule has 1 heterocycles. The zero-order chi connectivity index (χ0) is 12.5. The molecule has 1 aromatic heterocycles. The zero-order valence-corrected chi connectivity index (χ0v) is 10.1. The summed E-state index contributed by atoms with van der Waals surface area (Å²) in [4.78, 5) is 18.3. The maximum atomic E-state index is 11.5. The van der Waals surface area contributed by atoms with Crippen LogP contribution in [0.15, 0.2) is 35.4 Å². The number of rotatable bonds is 3. The average Bonchev–Trinajstić information content (AvgIpc) is 3.18. The molecule has 0 unspecified atom stereocenters. The molecule has 2 aromatic rings. The molecule has 0 amide bonds. The normalized spacial score (nSPS) is 14.5. The predicted octanol–water partition coefficient (Wildman–Crippen LogP) is 2.29. The molecule has 1 N–H and O–H groups in total. The van der Waals surface area contributed by atoms with E-state index in [0.29, 0.717) is 11.7 Å². The van der Waals surface area contributed by atoms with Gasteiger partial charge in [-0.15, -0.1) is 0 Å². The molecule has 0 aliphatic heterocycles. The molecule has 0 saturated heterocycles. The Morgan fingerprint density at radius 3 is 2.67 bits per heavy atom. The van der Waals surface area contributed by atoms with E-state index in [9.17, 15) is 4.79 Å². The van der Waals surface area contributed by atoms with Crippen molar-refractivity contribution in [1.29, 1.82) is 0 Å². The topological polar surface area (TPSA) is 55.0 Å². The van der Waals surface area contributed by atoms with Crippen molar-refractivity contribution in [3.05, 3.63) is 46.5 Å². The van der Waals surface area contributed by atoms with Crippen molar-refractivity contribution >= 4 is 0 Å². The third kappa shape index (κ3) is 2.14. The molecule has 0 radical (unpaired) electrons. The van der Waals surface area contributed by atoms with Crippen LogP contribution in [0.3, 0.4) is 0 Å². The van der Waals surface area contributed by atoms with E-state index in [-0.39, 0.29) is 5.56 Å². The molecule has 1 aliphatic carbocycles. The molecule has 1 fully saturated rings. The standard InChI is InChI=1S/C14H14N2O2/c1-9-13(15-8-16-14(9)17)10-2-4-11(5-3-10)18-12-6-7-12/h2-5,8,12H,6-7H2,1H3,(H,15,16,17). The molecule has 92 valence electrons. The summed E-state index contributed by atoms with van der Waals surface area (Å²) in [6.45, 7) is 1.77. The molecule has 4 heteroatoms. The second-order valence-corrected chi connectivity index (χ2v) is 4.55. The van der Waals surface area contributed by atoms with Gasteiger partial charge in [0.05, 0.1) is 18.1 Å². The van der Waals surface area contributed by atoms with Crippen molar-refractivity contribution in [3.8, 4) is 17.0 Å². The minimum atomic E-state index is -0.0988. The van der Waals surface area contributed by atoms with Crippen LogP contribution in [-0.4, -0.2) is 16.1 Å². The highest BCUT2D eigenvalue weighted by molar-refractivity contribution is 5.62. The third-order valence-corrected chi connectivity index (χ3v) is 3.04. The summed E-state index contributed by atoms with van der Waals surface area (Å²) in [5, 5.41) is 0. The summed E-state index contributed by atoms with van der Waals surface area (Å²) in [6.07, 6.45) is 4.13. The fourth-order valence-corrected chi connectivity index (χ4v) is 1.83. The summed E-state index contributed by atoms with van der Waals surface area (Å²) < 4.78 is 5.68. The van der Waals surface area contributed by atoms with Gasteiger partial charge in [-0.2, -0.15) is 0 Å². The number of benzene rings is 1. The zero-order valence-electron chi connectivity index (χ0n) is 10.1. The maximum absolute atomic E-state index is 11.5. The lowest BCUT2D eigenvalue weighted by Gasteiger charge is -2.06. The smallest absolute Gasteiger partial charge is 0.254 e. The Morgan fingerprint density at radius 2 is 2.00 bits per heavy atom. The second kappa shape index (κ2) is 4.29. The molecular formula is C14H14N2O2. The highest BCUT2D eigenvalue weighted by Crippen LogP contribution is 2.28. The molecular weight excluding hydrogens is 228 g/mol. The number of aromatic nitrogens is 2. The first kappa shape index (κ1) is 11.0. The van der Waals surface area contributed by atoms with Crippen molar-refractivity contribution in [1.82, 2.24) is 9.97 Å². The number of nitrogens with one attached hydrogen (secondary N) is 1. The number of aromatic amines is 1. The van der Waals surface area contributed by atoms with E-state index < -0.39 is 0 Å². The van der Waals surface area contributed by atoms with Gasteiger partial charge in [0.15, 0.2) is 0 Å². The van der Waals surface area contributed by atoms with Crippen LogP contribution < -0.4 is 10.3 Å². The highest BCUT2D eigenvalue weighted by atomic mass is 16.5. The summed E-state index contributed by atoms with van der Waals surface area (Å²) >= 11 is 0. The molecule has 0 atom stereocenters. The Labute approximate surface area is 105 Å². The van der Waals surface area contributed by atoms with Crippen LogP contribution in [0, 0.1) is 6.92 Å².